The average molecular weight is 214 g/mol. The molecule has 0 atom stereocenters. The van der Waals surface area contributed by atoms with E-state index in [-0.39, 0.29) is 0 Å². The Labute approximate surface area is 94.8 Å². The number of hydrogen-bond donors (Lipinski definition) is 2. The predicted molar refractivity (Wildman–Crippen MR) is 66.6 cm³/mol. The Balaban J connectivity index is 2.48. The molecule has 16 heavy (non-hydrogen) atoms. The SMILES string of the molecule is CNc1cc(NC)nc(-c2ccccc2)n1. The van der Waals surface area contributed by atoms with E-state index < -0.39 is 0 Å². The van der Waals surface area contributed by atoms with Gasteiger partial charge >= 0.3 is 0 Å². The van der Waals surface area contributed by atoms with Gasteiger partial charge in [0.15, 0.2) is 5.82 Å². The first-order chi connectivity index (χ1) is 7.83. The maximum atomic E-state index is 4.41. The Bertz CT molecular complexity index is 445. The van der Waals surface area contributed by atoms with E-state index in [1.807, 2.05) is 50.5 Å². The van der Waals surface area contributed by atoms with E-state index in [4.69, 9.17) is 0 Å². The van der Waals surface area contributed by atoms with Gasteiger partial charge < -0.3 is 10.6 Å². The minimum absolute atomic E-state index is 0.719. The molecule has 2 rings (SSSR count). The van der Waals surface area contributed by atoms with Gasteiger partial charge in [-0.25, -0.2) is 9.97 Å². The van der Waals surface area contributed by atoms with Crippen LogP contribution < -0.4 is 10.6 Å². The van der Waals surface area contributed by atoms with E-state index >= 15 is 0 Å². The summed E-state index contributed by atoms with van der Waals surface area (Å²) in [6, 6.07) is 11.8. The number of benzene rings is 1. The molecule has 2 aromatic rings. The van der Waals surface area contributed by atoms with Crippen LogP contribution in [0, 0.1) is 0 Å². The van der Waals surface area contributed by atoms with E-state index in [0.29, 0.717) is 0 Å². The quantitative estimate of drug-likeness (QED) is 0.822. The molecule has 0 saturated heterocycles. The minimum Gasteiger partial charge on any atom is -0.373 e. The summed E-state index contributed by atoms with van der Waals surface area (Å²) >= 11 is 0. The summed E-state index contributed by atoms with van der Waals surface area (Å²) < 4.78 is 0. The Morgan fingerprint density at radius 2 is 1.44 bits per heavy atom. The molecule has 2 N–H and O–H groups in total. The average Bonchev–Trinajstić information content (AvgIpc) is 2.39. The van der Waals surface area contributed by atoms with Crippen LogP contribution in [0.5, 0.6) is 0 Å². The molecule has 0 aliphatic heterocycles. The summed E-state index contributed by atoms with van der Waals surface area (Å²) in [6.07, 6.45) is 0. The lowest BCUT2D eigenvalue weighted by molar-refractivity contribution is 1.16. The standard InChI is InChI=1S/C12H14N4/c1-13-10-8-11(14-2)16-12(15-10)9-6-4-3-5-7-9/h3-8H,1-2H3,(H2,13,14,15,16). The van der Waals surface area contributed by atoms with Gasteiger partial charge in [0.1, 0.15) is 11.6 Å². The van der Waals surface area contributed by atoms with E-state index in [9.17, 15) is 0 Å². The van der Waals surface area contributed by atoms with E-state index in [1.54, 1.807) is 0 Å². The van der Waals surface area contributed by atoms with Crippen LogP contribution in [-0.4, -0.2) is 24.1 Å². The summed E-state index contributed by atoms with van der Waals surface area (Å²) in [5.74, 6) is 2.33. The maximum absolute atomic E-state index is 4.41. The molecule has 0 aliphatic carbocycles. The lowest BCUT2D eigenvalue weighted by Gasteiger charge is -2.07. The fraction of sp³-hybridized carbons (Fsp3) is 0.167. The molecule has 0 fully saturated rings. The van der Waals surface area contributed by atoms with Crippen molar-refractivity contribution in [2.45, 2.75) is 0 Å². The molecule has 0 spiro atoms. The first-order valence-corrected chi connectivity index (χ1v) is 5.13. The van der Waals surface area contributed by atoms with Gasteiger partial charge in [0.25, 0.3) is 0 Å². The molecule has 1 aromatic heterocycles. The Morgan fingerprint density at radius 3 is 1.94 bits per heavy atom. The second-order valence-corrected chi connectivity index (χ2v) is 3.33. The van der Waals surface area contributed by atoms with Gasteiger partial charge in [-0.05, 0) is 0 Å². The molecule has 82 valence electrons. The first-order valence-electron chi connectivity index (χ1n) is 5.13. The number of rotatable bonds is 3. The van der Waals surface area contributed by atoms with Gasteiger partial charge in [-0.1, -0.05) is 30.3 Å². The van der Waals surface area contributed by atoms with Gasteiger partial charge in [-0.3, -0.25) is 0 Å². The molecule has 1 aromatic carbocycles. The number of aromatic nitrogens is 2. The topological polar surface area (TPSA) is 49.8 Å². The smallest absolute Gasteiger partial charge is 0.163 e. The predicted octanol–water partition coefficient (Wildman–Crippen LogP) is 2.23. The maximum Gasteiger partial charge on any atom is 0.163 e. The molecule has 0 aliphatic rings. The zero-order valence-electron chi connectivity index (χ0n) is 9.36. The summed E-state index contributed by atoms with van der Waals surface area (Å²) in [4.78, 5) is 8.82. The lowest BCUT2D eigenvalue weighted by Crippen LogP contribution is -2.00. The molecule has 0 saturated carbocycles. The van der Waals surface area contributed by atoms with Crippen LogP contribution in [0.2, 0.25) is 0 Å². The zero-order chi connectivity index (χ0) is 11.4. The Hall–Kier alpha value is -2.10. The Kier molecular flexibility index (Phi) is 3.00. The minimum atomic E-state index is 0.719. The summed E-state index contributed by atoms with van der Waals surface area (Å²) in [6.45, 7) is 0. The summed E-state index contributed by atoms with van der Waals surface area (Å²) in [7, 11) is 3.69. The van der Waals surface area contributed by atoms with Crippen LogP contribution in [-0.2, 0) is 0 Å². The molecule has 0 bridgehead atoms. The van der Waals surface area contributed by atoms with E-state index in [2.05, 4.69) is 20.6 Å². The van der Waals surface area contributed by atoms with E-state index in [1.165, 1.54) is 0 Å². The highest BCUT2D eigenvalue weighted by Crippen LogP contribution is 2.19. The second kappa shape index (κ2) is 4.61. The van der Waals surface area contributed by atoms with Crippen LogP contribution in [0.15, 0.2) is 36.4 Å². The number of nitrogens with zero attached hydrogens (tertiary/aromatic N) is 2. The fourth-order valence-electron chi connectivity index (χ4n) is 1.42. The highest BCUT2D eigenvalue weighted by atomic mass is 15.1. The van der Waals surface area contributed by atoms with E-state index in [0.717, 1.165) is 23.0 Å². The van der Waals surface area contributed by atoms with Crippen molar-refractivity contribution in [3.8, 4) is 11.4 Å². The highest BCUT2D eigenvalue weighted by Gasteiger charge is 2.04. The molecule has 0 radical (unpaired) electrons. The number of hydrogen-bond acceptors (Lipinski definition) is 4. The molecular formula is C12H14N4. The van der Waals surface area contributed by atoms with Crippen LogP contribution in [0.25, 0.3) is 11.4 Å². The molecular weight excluding hydrogens is 200 g/mol. The zero-order valence-corrected chi connectivity index (χ0v) is 9.36. The molecule has 0 amide bonds. The monoisotopic (exact) mass is 214 g/mol. The normalized spacial score (nSPS) is 9.88. The molecule has 0 unspecified atom stereocenters. The summed E-state index contributed by atoms with van der Waals surface area (Å²) in [5, 5.41) is 6.04. The molecule has 1 heterocycles. The van der Waals surface area contributed by atoms with Crippen LogP contribution in [0.3, 0.4) is 0 Å². The largest absolute Gasteiger partial charge is 0.373 e. The molecule has 4 heteroatoms. The highest BCUT2D eigenvalue weighted by molar-refractivity contribution is 5.60. The van der Waals surface area contributed by atoms with Crippen molar-refractivity contribution in [2.75, 3.05) is 24.7 Å². The van der Waals surface area contributed by atoms with Crippen molar-refractivity contribution < 1.29 is 0 Å². The van der Waals surface area contributed by atoms with Gasteiger partial charge in [0.05, 0.1) is 0 Å². The number of nitrogens with one attached hydrogen (secondary N) is 2. The fourth-order valence-corrected chi connectivity index (χ4v) is 1.42. The van der Waals surface area contributed by atoms with Crippen molar-refractivity contribution in [1.82, 2.24) is 9.97 Å². The Morgan fingerprint density at radius 1 is 0.875 bits per heavy atom. The van der Waals surface area contributed by atoms with Gasteiger partial charge in [0, 0.05) is 25.7 Å². The first kappa shape index (κ1) is 10.4. The number of anilines is 2. The lowest BCUT2D eigenvalue weighted by atomic mass is 10.2. The third-order valence-electron chi connectivity index (χ3n) is 2.27. The third-order valence-corrected chi connectivity index (χ3v) is 2.27. The van der Waals surface area contributed by atoms with Crippen molar-refractivity contribution in [2.24, 2.45) is 0 Å². The third kappa shape index (κ3) is 2.11. The van der Waals surface area contributed by atoms with Crippen LogP contribution >= 0.6 is 0 Å². The van der Waals surface area contributed by atoms with Crippen molar-refractivity contribution in [3.63, 3.8) is 0 Å². The second-order valence-electron chi connectivity index (χ2n) is 3.33. The summed E-state index contributed by atoms with van der Waals surface area (Å²) in [5.41, 5.74) is 1.01. The van der Waals surface area contributed by atoms with Gasteiger partial charge in [0.2, 0.25) is 0 Å². The van der Waals surface area contributed by atoms with Crippen LogP contribution in [0.4, 0.5) is 11.6 Å². The van der Waals surface area contributed by atoms with Crippen molar-refractivity contribution in [1.29, 1.82) is 0 Å². The molecule has 4 nitrogen and oxygen atoms in total. The van der Waals surface area contributed by atoms with Crippen LogP contribution in [0.1, 0.15) is 0 Å². The van der Waals surface area contributed by atoms with Gasteiger partial charge in [-0.15, -0.1) is 0 Å². The van der Waals surface area contributed by atoms with Crippen molar-refractivity contribution >= 4 is 11.6 Å². The van der Waals surface area contributed by atoms with Crippen molar-refractivity contribution in [3.05, 3.63) is 36.4 Å². The van der Waals surface area contributed by atoms with Gasteiger partial charge in [-0.2, -0.15) is 0 Å².